The lowest BCUT2D eigenvalue weighted by Crippen LogP contribution is -2.38. The Morgan fingerprint density at radius 2 is 1.74 bits per heavy atom. The van der Waals surface area contributed by atoms with Crippen LogP contribution in [0.4, 0.5) is 5.69 Å². The van der Waals surface area contributed by atoms with Crippen LogP contribution < -0.4 is 10.2 Å². The van der Waals surface area contributed by atoms with Crippen molar-refractivity contribution in [2.45, 2.75) is 13.3 Å². The molecule has 1 aliphatic rings. The Morgan fingerprint density at radius 3 is 2.41 bits per heavy atom. The molecule has 2 amide bonds. The lowest BCUT2D eigenvalue weighted by Gasteiger charge is -2.23. The van der Waals surface area contributed by atoms with Gasteiger partial charge in [0.25, 0.3) is 5.91 Å². The Balaban J connectivity index is 1.45. The highest BCUT2D eigenvalue weighted by molar-refractivity contribution is 6.10. The van der Waals surface area contributed by atoms with Crippen molar-refractivity contribution in [1.82, 2.24) is 10.2 Å². The fraction of sp³-hybridized carbons (Fsp3) is 0.273. The lowest BCUT2D eigenvalue weighted by molar-refractivity contribution is -0.121. The van der Waals surface area contributed by atoms with E-state index in [1.54, 1.807) is 6.07 Å². The Bertz CT molecular complexity index is 797. The van der Waals surface area contributed by atoms with Crippen LogP contribution in [0.5, 0.6) is 0 Å². The molecule has 0 unspecified atom stereocenters. The summed E-state index contributed by atoms with van der Waals surface area (Å²) in [7, 11) is 0. The molecule has 2 aromatic rings. The fourth-order valence-corrected chi connectivity index (χ4v) is 3.31. The van der Waals surface area contributed by atoms with Crippen molar-refractivity contribution < 1.29 is 9.59 Å². The van der Waals surface area contributed by atoms with Crippen molar-refractivity contribution in [3.05, 3.63) is 72.3 Å². The van der Waals surface area contributed by atoms with Crippen LogP contribution in [-0.4, -0.2) is 42.9 Å². The van der Waals surface area contributed by atoms with Gasteiger partial charge in [0.1, 0.15) is 6.54 Å². The van der Waals surface area contributed by atoms with Crippen LogP contribution in [0, 0.1) is 0 Å². The summed E-state index contributed by atoms with van der Waals surface area (Å²) in [6.07, 6.45) is 0.837. The number of nitrogens with zero attached hydrogens (tertiary/aromatic N) is 2. The van der Waals surface area contributed by atoms with Crippen LogP contribution in [0.2, 0.25) is 0 Å². The Morgan fingerprint density at radius 1 is 1.07 bits per heavy atom. The molecular formula is C22H25N3O2. The second kappa shape index (κ2) is 8.54. The van der Waals surface area contributed by atoms with Crippen molar-refractivity contribution in [3.8, 4) is 0 Å². The molecule has 1 heterocycles. The predicted octanol–water partition coefficient (Wildman–Crippen LogP) is 3.15. The monoisotopic (exact) mass is 363 g/mol. The first kappa shape index (κ1) is 18.7. The molecular weight excluding hydrogens is 338 g/mol. The van der Waals surface area contributed by atoms with Crippen LogP contribution in [0.3, 0.4) is 0 Å². The number of carbonyl (C=O) groups excluding carboxylic acids is 2. The van der Waals surface area contributed by atoms with Crippen LogP contribution in [-0.2, 0) is 4.79 Å². The van der Waals surface area contributed by atoms with Gasteiger partial charge < -0.3 is 10.2 Å². The summed E-state index contributed by atoms with van der Waals surface area (Å²) in [6, 6.07) is 17.5. The first-order valence-electron chi connectivity index (χ1n) is 9.28. The molecule has 27 heavy (non-hydrogen) atoms. The first-order valence-corrected chi connectivity index (χ1v) is 9.28. The van der Waals surface area contributed by atoms with Crippen molar-refractivity contribution >= 4 is 23.2 Å². The summed E-state index contributed by atoms with van der Waals surface area (Å²) >= 11 is 0. The standard InChI is InChI=1S/C22H25N3O2/c1-3-24(18-10-5-4-6-11-18)15-9-14-23-21(26)16-25-17(2)19-12-7-8-13-20(19)22(25)27/h4-8,10-13H,2-3,9,14-16H2,1H3,(H,23,26). The summed E-state index contributed by atoms with van der Waals surface area (Å²) < 4.78 is 0. The Hall–Kier alpha value is -3.08. The Labute approximate surface area is 160 Å². The third-order valence-electron chi connectivity index (χ3n) is 4.77. The van der Waals surface area contributed by atoms with Crippen molar-refractivity contribution in [2.24, 2.45) is 0 Å². The average Bonchev–Trinajstić information content (AvgIpc) is 2.94. The summed E-state index contributed by atoms with van der Waals surface area (Å²) in [5.41, 5.74) is 3.18. The van der Waals surface area contributed by atoms with E-state index in [9.17, 15) is 9.59 Å². The highest BCUT2D eigenvalue weighted by Crippen LogP contribution is 2.30. The van der Waals surface area contributed by atoms with Crippen LogP contribution in [0.25, 0.3) is 5.70 Å². The molecule has 5 nitrogen and oxygen atoms in total. The van der Waals surface area contributed by atoms with Gasteiger partial charge in [0.05, 0.1) is 0 Å². The molecule has 0 spiro atoms. The molecule has 0 radical (unpaired) electrons. The molecule has 1 aliphatic heterocycles. The topological polar surface area (TPSA) is 52.7 Å². The van der Waals surface area contributed by atoms with Crippen LogP contribution in [0.1, 0.15) is 29.3 Å². The molecule has 140 valence electrons. The maximum absolute atomic E-state index is 12.4. The molecule has 5 heteroatoms. The number of amides is 2. The summed E-state index contributed by atoms with van der Waals surface area (Å²) in [6.45, 7) is 8.44. The minimum atomic E-state index is -0.167. The number of benzene rings is 2. The molecule has 0 bridgehead atoms. The van der Waals surface area contributed by atoms with E-state index in [0.29, 0.717) is 17.8 Å². The number of fused-ring (bicyclic) bond motifs is 1. The van der Waals surface area contributed by atoms with E-state index in [1.807, 2.05) is 36.4 Å². The van der Waals surface area contributed by atoms with Gasteiger partial charge in [0.15, 0.2) is 0 Å². The van der Waals surface area contributed by atoms with Crippen molar-refractivity contribution in [3.63, 3.8) is 0 Å². The zero-order valence-corrected chi connectivity index (χ0v) is 15.6. The Kier molecular flexibility index (Phi) is 5.91. The minimum absolute atomic E-state index is 0.00250. The van der Waals surface area contributed by atoms with E-state index in [0.717, 1.165) is 25.1 Å². The van der Waals surface area contributed by atoms with E-state index >= 15 is 0 Å². The number of hydrogen-bond donors (Lipinski definition) is 1. The third-order valence-corrected chi connectivity index (χ3v) is 4.77. The zero-order chi connectivity index (χ0) is 19.2. The lowest BCUT2D eigenvalue weighted by atomic mass is 10.1. The number of nitrogens with one attached hydrogen (secondary N) is 1. The fourth-order valence-electron chi connectivity index (χ4n) is 3.31. The number of para-hydroxylation sites is 1. The van der Waals surface area contributed by atoms with Gasteiger partial charge in [-0.2, -0.15) is 0 Å². The minimum Gasteiger partial charge on any atom is -0.372 e. The maximum atomic E-state index is 12.4. The third kappa shape index (κ3) is 4.19. The second-order valence-corrected chi connectivity index (χ2v) is 6.50. The van der Waals surface area contributed by atoms with Gasteiger partial charge in [-0.15, -0.1) is 0 Å². The maximum Gasteiger partial charge on any atom is 0.259 e. The highest BCUT2D eigenvalue weighted by Gasteiger charge is 2.31. The molecule has 0 aromatic heterocycles. The van der Waals surface area contributed by atoms with E-state index in [1.165, 1.54) is 10.6 Å². The summed E-state index contributed by atoms with van der Waals surface area (Å²) in [5, 5.41) is 2.91. The normalized spacial score (nSPS) is 12.9. The SMILES string of the molecule is C=C1c2ccccc2C(=O)N1CC(=O)NCCCN(CC)c1ccccc1. The van der Waals surface area contributed by atoms with Gasteiger partial charge >= 0.3 is 0 Å². The predicted molar refractivity (Wildman–Crippen MR) is 108 cm³/mol. The molecule has 0 atom stereocenters. The average molecular weight is 363 g/mol. The largest absolute Gasteiger partial charge is 0.372 e. The van der Waals surface area contributed by atoms with Gasteiger partial charge in [-0.05, 0) is 31.5 Å². The number of hydrogen-bond acceptors (Lipinski definition) is 3. The molecule has 0 fully saturated rings. The first-order chi connectivity index (χ1) is 13.1. The number of anilines is 1. The van der Waals surface area contributed by atoms with E-state index < -0.39 is 0 Å². The summed E-state index contributed by atoms with van der Waals surface area (Å²) in [5.74, 6) is -0.327. The molecule has 1 N–H and O–H groups in total. The van der Waals surface area contributed by atoms with E-state index in [2.05, 4.69) is 35.9 Å². The van der Waals surface area contributed by atoms with Crippen molar-refractivity contribution in [2.75, 3.05) is 31.1 Å². The quantitative estimate of drug-likeness (QED) is 0.733. The highest BCUT2D eigenvalue weighted by atomic mass is 16.2. The molecule has 0 aliphatic carbocycles. The van der Waals surface area contributed by atoms with Gasteiger partial charge in [0.2, 0.25) is 5.91 Å². The van der Waals surface area contributed by atoms with Crippen molar-refractivity contribution in [1.29, 1.82) is 0 Å². The molecule has 2 aromatic carbocycles. The second-order valence-electron chi connectivity index (χ2n) is 6.50. The van der Waals surface area contributed by atoms with Gasteiger partial charge in [-0.3, -0.25) is 14.5 Å². The smallest absolute Gasteiger partial charge is 0.259 e. The molecule has 0 saturated heterocycles. The zero-order valence-electron chi connectivity index (χ0n) is 15.6. The van der Waals surface area contributed by atoms with Crippen LogP contribution in [0.15, 0.2) is 61.2 Å². The van der Waals surface area contributed by atoms with E-state index in [4.69, 9.17) is 0 Å². The van der Waals surface area contributed by atoms with Crippen LogP contribution >= 0.6 is 0 Å². The number of rotatable bonds is 8. The number of carbonyl (C=O) groups is 2. The van der Waals surface area contributed by atoms with Gasteiger partial charge in [0, 0.05) is 42.1 Å². The van der Waals surface area contributed by atoms with Gasteiger partial charge in [-0.25, -0.2) is 0 Å². The van der Waals surface area contributed by atoms with Gasteiger partial charge in [-0.1, -0.05) is 43.0 Å². The van der Waals surface area contributed by atoms with E-state index in [-0.39, 0.29) is 18.4 Å². The molecule has 0 saturated carbocycles. The molecule has 3 rings (SSSR count). The summed E-state index contributed by atoms with van der Waals surface area (Å²) in [4.78, 5) is 28.4.